The molecule has 146 valence electrons. The number of anilines is 2. The Morgan fingerprint density at radius 3 is 2.52 bits per heavy atom. The number of benzene rings is 2. The van der Waals surface area contributed by atoms with Crippen molar-refractivity contribution in [3.63, 3.8) is 0 Å². The first-order chi connectivity index (χ1) is 14.1. The number of nitrogens with two attached hydrogens (primary N) is 1. The lowest BCUT2D eigenvalue weighted by Crippen LogP contribution is -2.04. The molecule has 1 saturated carbocycles. The topological polar surface area (TPSA) is 96.7 Å². The van der Waals surface area contributed by atoms with E-state index in [-0.39, 0.29) is 0 Å². The molecule has 0 saturated heterocycles. The van der Waals surface area contributed by atoms with Crippen molar-refractivity contribution >= 4 is 33.5 Å². The number of hydrogen-bond acceptors (Lipinski definition) is 4. The van der Waals surface area contributed by atoms with Gasteiger partial charge in [-0.15, -0.1) is 0 Å². The number of aromatic nitrogens is 3. The second kappa shape index (κ2) is 7.00. The normalized spacial score (nSPS) is 14.8. The average Bonchev–Trinajstić information content (AvgIpc) is 3.52. The zero-order valence-corrected chi connectivity index (χ0v) is 16.8. The molecule has 7 heteroatoms. The summed E-state index contributed by atoms with van der Waals surface area (Å²) >= 11 is 0. The van der Waals surface area contributed by atoms with E-state index in [1.807, 2.05) is 55.5 Å². The molecule has 1 atom stereocenters. The summed E-state index contributed by atoms with van der Waals surface area (Å²) in [5.41, 5.74) is 11.8. The monoisotopic (exact) mass is 403 g/mol. The van der Waals surface area contributed by atoms with E-state index in [1.165, 1.54) is 12.8 Å². The number of rotatable bonds is 5. The maximum atomic E-state index is 12.6. The van der Waals surface area contributed by atoms with Gasteiger partial charge in [0.1, 0.15) is 16.8 Å². The molecule has 4 aromatic rings. The summed E-state index contributed by atoms with van der Waals surface area (Å²) in [7, 11) is -1.31. The van der Waals surface area contributed by atoms with Crippen LogP contribution >= 0.6 is 0 Å². The third-order valence-electron chi connectivity index (χ3n) is 5.21. The standard InChI is InChI=1S/C22H21N5OS/c1-13-2-10-17(11-3-13)29(28)27-16-8-6-14(7-9-16)18-12-19(15-4-5-15)24-22-20(18)21(23)25-26-22/h2-3,6-12,15,27H,4-5H2,1H3,(H3,23,24,25,26). The van der Waals surface area contributed by atoms with E-state index in [9.17, 15) is 4.21 Å². The predicted octanol–water partition coefficient (Wildman–Crippen LogP) is 4.53. The molecular formula is C22H21N5OS. The van der Waals surface area contributed by atoms with Crippen molar-refractivity contribution in [2.75, 3.05) is 10.5 Å². The average molecular weight is 404 g/mol. The van der Waals surface area contributed by atoms with Gasteiger partial charge < -0.3 is 10.5 Å². The highest BCUT2D eigenvalue weighted by Crippen LogP contribution is 2.42. The predicted molar refractivity (Wildman–Crippen MR) is 117 cm³/mol. The van der Waals surface area contributed by atoms with Gasteiger partial charge >= 0.3 is 0 Å². The first-order valence-electron chi connectivity index (χ1n) is 9.58. The number of H-pyrrole nitrogens is 1. The molecule has 0 aliphatic heterocycles. The molecule has 6 nitrogen and oxygen atoms in total. The highest BCUT2D eigenvalue weighted by molar-refractivity contribution is 7.86. The van der Waals surface area contributed by atoms with Crippen molar-refractivity contribution in [1.82, 2.24) is 15.2 Å². The highest BCUT2D eigenvalue weighted by atomic mass is 32.2. The molecular weight excluding hydrogens is 382 g/mol. The minimum Gasteiger partial charge on any atom is -0.383 e. The fourth-order valence-corrected chi connectivity index (χ4v) is 4.28. The Morgan fingerprint density at radius 1 is 1.10 bits per heavy atom. The molecule has 2 aromatic heterocycles. The fourth-order valence-electron chi connectivity index (χ4n) is 3.43. The Bertz CT molecular complexity index is 1210. The second-order valence-corrected chi connectivity index (χ2v) is 8.68. The van der Waals surface area contributed by atoms with Crippen LogP contribution in [-0.4, -0.2) is 19.4 Å². The summed E-state index contributed by atoms with van der Waals surface area (Å²) in [6.45, 7) is 2.01. The molecule has 4 N–H and O–H groups in total. The Balaban J connectivity index is 1.45. The zero-order valence-electron chi connectivity index (χ0n) is 16.0. The first-order valence-corrected chi connectivity index (χ1v) is 10.7. The van der Waals surface area contributed by atoms with Gasteiger partial charge in [-0.3, -0.25) is 5.10 Å². The minimum absolute atomic E-state index is 0.521. The molecule has 0 radical (unpaired) electrons. The quantitative estimate of drug-likeness (QED) is 0.456. The van der Waals surface area contributed by atoms with Gasteiger partial charge in [-0.25, -0.2) is 9.19 Å². The van der Waals surface area contributed by atoms with Crippen LogP contribution in [0.5, 0.6) is 0 Å². The number of fused-ring (bicyclic) bond motifs is 1. The fraction of sp³-hybridized carbons (Fsp3) is 0.182. The molecule has 0 spiro atoms. The number of aromatic amines is 1. The van der Waals surface area contributed by atoms with Crippen molar-refractivity contribution in [2.24, 2.45) is 0 Å². The third kappa shape index (κ3) is 3.49. The lowest BCUT2D eigenvalue weighted by Gasteiger charge is -2.10. The molecule has 0 bridgehead atoms. The summed E-state index contributed by atoms with van der Waals surface area (Å²) in [6.07, 6.45) is 2.34. The van der Waals surface area contributed by atoms with Crippen molar-refractivity contribution in [2.45, 2.75) is 30.6 Å². The van der Waals surface area contributed by atoms with Gasteiger partial charge in [0.05, 0.1) is 10.3 Å². The molecule has 0 amide bonds. The Labute approximate surface area is 171 Å². The Kier molecular flexibility index (Phi) is 4.32. The lowest BCUT2D eigenvalue weighted by atomic mass is 10.0. The molecule has 1 aliphatic carbocycles. The minimum atomic E-state index is -1.31. The maximum absolute atomic E-state index is 12.6. The zero-order chi connectivity index (χ0) is 20.0. The van der Waals surface area contributed by atoms with Crippen LogP contribution in [0.25, 0.3) is 22.2 Å². The summed E-state index contributed by atoms with van der Waals surface area (Å²) in [5, 5.41) is 7.95. The lowest BCUT2D eigenvalue weighted by molar-refractivity contribution is 0.686. The van der Waals surface area contributed by atoms with E-state index in [1.54, 1.807) is 0 Å². The van der Waals surface area contributed by atoms with E-state index >= 15 is 0 Å². The van der Waals surface area contributed by atoms with Crippen molar-refractivity contribution < 1.29 is 4.21 Å². The first kappa shape index (κ1) is 17.9. The summed E-state index contributed by atoms with van der Waals surface area (Å²) in [6, 6.07) is 17.7. The van der Waals surface area contributed by atoms with E-state index in [0.29, 0.717) is 17.4 Å². The Morgan fingerprint density at radius 2 is 1.83 bits per heavy atom. The van der Waals surface area contributed by atoms with Crippen LogP contribution in [0.2, 0.25) is 0 Å². The van der Waals surface area contributed by atoms with Gasteiger partial charge in [-0.05, 0) is 61.2 Å². The number of nitrogens with zero attached hydrogens (tertiary/aromatic N) is 2. The number of aryl methyl sites for hydroxylation is 1. The van der Waals surface area contributed by atoms with Gasteiger partial charge in [0, 0.05) is 17.3 Å². The highest BCUT2D eigenvalue weighted by Gasteiger charge is 2.27. The van der Waals surface area contributed by atoms with E-state index in [2.05, 4.69) is 26.0 Å². The number of pyridine rings is 1. The maximum Gasteiger partial charge on any atom is 0.183 e. The van der Waals surface area contributed by atoms with Crippen LogP contribution in [0.3, 0.4) is 0 Å². The van der Waals surface area contributed by atoms with E-state index in [0.717, 1.165) is 38.4 Å². The number of nitrogens with one attached hydrogen (secondary N) is 2. The molecule has 1 aliphatic rings. The van der Waals surface area contributed by atoms with Crippen LogP contribution < -0.4 is 10.5 Å². The van der Waals surface area contributed by atoms with Crippen LogP contribution in [-0.2, 0) is 11.0 Å². The molecule has 5 rings (SSSR count). The molecule has 29 heavy (non-hydrogen) atoms. The molecule has 2 heterocycles. The van der Waals surface area contributed by atoms with Crippen molar-refractivity contribution in [1.29, 1.82) is 0 Å². The van der Waals surface area contributed by atoms with Crippen LogP contribution in [0.1, 0.15) is 30.0 Å². The van der Waals surface area contributed by atoms with Crippen LogP contribution in [0.15, 0.2) is 59.5 Å². The Hall–Kier alpha value is -3.19. The summed E-state index contributed by atoms with van der Waals surface area (Å²) in [4.78, 5) is 5.41. The SMILES string of the molecule is Cc1ccc(S(=O)Nc2ccc(-c3cc(C4CC4)nc4n[nH]c(N)c34)cc2)cc1. The molecule has 1 fully saturated rings. The second-order valence-electron chi connectivity index (χ2n) is 7.47. The van der Waals surface area contributed by atoms with Crippen LogP contribution in [0, 0.1) is 6.92 Å². The molecule has 1 unspecified atom stereocenters. The van der Waals surface area contributed by atoms with E-state index in [4.69, 9.17) is 5.73 Å². The summed E-state index contributed by atoms with van der Waals surface area (Å²) < 4.78 is 15.6. The third-order valence-corrected chi connectivity index (χ3v) is 6.33. The van der Waals surface area contributed by atoms with Gasteiger partial charge in [0.25, 0.3) is 0 Å². The van der Waals surface area contributed by atoms with Crippen molar-refractivity contribution in [3.8, 4) is 11.1 Å². The van der Waals surface area contributed by atoms with Gasteiger partial charge in [0.2, 0.25) is 0 Å². The van der Waals surface area contributed by atoms with Gasteiger partial charge in [-0.2, -0.15) is 5.10 Å². The largest absolute Gasteiger partial charge is 0.383 e. The summed E-state index contributed by atoms with van der Waals surface area (Å²) in [5.74, 6) is 1.04. The van der Waals surface area contributed by atoms with Crippen LogP contribution in [0.4, 0.5) is 11.5 Å². The van der Waals surface area contributed by atoms with Crippen molar-refractivity contribution in [3.05, 3.63) is 65.9 Å². The number of hydrogen-bond donors (Lipinski definition) is 3. The van der Waals surface area contributed by atoms with E-state index < -0.39 is 11.0 Å². The smallest absolute Gasteiger partial charge is 0.183 e. The van der Waals surface area contributed by atoms with Gasteiger partial charge in [-0.1, -0.05) is 29.8 Å². The molecule has 2 aromatic carbocycles. The number of nitrogen functional groups attached to an aromatic ring is 1. The van der Waals surface area contributed by atoms with Gasteiger partial charge in [0.15, 0.2) is 5.65 Å².